The number of esters is 1. The number of ketones is 2. The highest BCUT2D eigenvalue weighted by Gasteiger charge is 2.61. The third kappa shape index (κ3) is 2.36. The van der Waals surface area contributed by atoms with Crippen molar-refractivity contribution in [2.75, 3.05) is 0 Å². The number of Topliss-reactive ketones (excluding diaryl/α,β-unsaturated/α-hetero) is 1. The molecule has 0 aromatic heterocycles. The minimum absolute atomic E-state index is 0.00391. The van der Waals surface area contributed by atoms with Crippen LogP contribution in [0.3, 0.4) is 0 Å². The SMILES string of the molecule is CC(=O)O[C@H]1CC[C@@]2(C)C(=CC(=O)[C@@H]3[C@H]4CCC(=O)[C@@]4(C)CC[C@@H]32)C1. The second-order valence-electron chi connectivity index (χ2n) is 9.12. The number of carbonyl (C=O) groups excluding carboxylic acids is 3. The van der Waals surface area contributed by atoms with E-state index in [0.717, 1.165) is 32.1 Å². The van der Waals surface area contributed by atoms with Crippen LogP contribution in [-0.4, -0.2) is 23.6 Å². The maximum Gasteiger partial charge on any atom is 0.302 e. The topological polar surface area (TPSA) is 60.4 Å². The molecular formula is C21H28O4. The molecule has 0 heterocycles. The van der Waals surface area contributed by atoms with E-state index in [1.54, 1.807) is 0 Å². The molecule has 4 aliphatic rings. The summed E-state index contributed by atoms with van der Waals surface area (Å²) in [6.07, 6.45) is 7.66. The van der Waals surface area contributed by atoms with Gasteiger partial charge in [0.2, 0.25) is 0 Å². The van der Waals surface area contributed by atoms with Gasteiger partial charge in [0.25, 0.3) is 0 Å². The lowest BCUT2D eigenvalue weighted by atomic mass is 9.48. The van der Waals surface area contributed by atoms with E-state index < -0.39 is 0 Å². The first kappa shape index (κ1) is 17.0. The highest BCUT2D eigenvalue weighted by molar-refractivity contribution is 5.96. The quantitative estimate of drug-likeness (QED) is 0.682. The number of allylic oxidation sites excluding steroid dienone is 1. The van der Waals surface area contributed by atoms with Crippen molar-refractivity contribution in [2.45, 2.75) is 71.8 Å². The van der Waals surface area contributed by atoms with Gasteiger partial charge in [-0.1, -0.05) is 19.4 Å². The molecule has 0 aromatic rings. The van der Waals surface area contributed by atoms with Crippen LogP contribution in [0.4, 0.5) is 0 Å². The Morgan fingerprint density at radius 2 is 1.76 bits per heavy atom. The fraction of sp³-hybridized carbons (Fsp3) is 0.762. The standard InChI is InChI=1S/C21H28O4/c1-12(22)25-14-6-8-20(2)13(10-14)11-17(23)19-15-4-5-18(24)21(15,3)9-7-16(19)20/h11,14-16,19H,4-10H2,1-3H3/t14-,15+,16-,19+,20-,21-/m0/s1. The van der Waals surface area contributed by atoms with Gasteiger partial charge in [-0.15, -0.1) is 0 Å². The zero-order valence-electron chi connectivity index (χ0n) is 15.5. The molecule has 0 radical (unpaired) electrons. The summed E-state index contributed by atoms with van der Waals surface area (Å²) >= 11 is 0. The molecule has 25 heavy (non-hydrogen) atoms. The third-order valence-electron chi connectivity index (χ3n) is 7.94. The molecule has 0 amide bonds. The van der Waals surface area contributed by atoms with Gasteiger partial charge in [-0.25, -0.2) is 0 Å². The highest BCUT2D eigenvalue weighted by Crippen LogP contribution is 2.63. The average molecular weight is 344 g/mol. The van der Waals surface area contributed by atoms with Gasteiger partial charge in [-0.05, 0) is 55.4 Å². The smallest absolute Gasteiger partial charge is 0.302 e. The van der Waals surface area contributed by atoms with Gasteiger partial charge in [0.15, 0.2) is 5.78 Å². The van der Waals surface area contributed by atoms with E-state index in [1.807, 2.05) is 6.08 Å². The molecule has 4 nitrogen and oxygen atoms in total. The zero-order valence-corrected chi connectivity index (χ0v) is 15.5. The van der Waals surface area contributed by atoms with E-state index in [0.29, 0.717) is 24.5 Å². The normalized spacial score (nSPS) is 46.0. The van der Waals surface area contributed by atoms with Crippen LogP contribution in [0.25, 0.3) is 0 Å². The molecule has 4 rings (SSSR count). The lowest BCUT2D eigenvalue weighted by Gasteiger charge is -2.55. The first-order valence-electron chi connectivity index (χ1n) is 9.71. The number of ether oxygens (including phenoxy) is 1. The van der Waals surface area contributed by atoms with Gasteiger partial charge in [-0.2, -0.15) is 0 Å². The minimum atomic E-state index is -0.284. The van der Waals surface area contributed by atoms with E-state index >= 15 is 0 Å². The number of hydrogen-bond acceptors (Lipinski definition) is 4. The monoisotopic (exact) mass is 344 g/mol. The predicted octanol–water partition coefficient (Wildman–Crippen LogP) is 3.63. The second-order valence-corrected chi connectivity index (χ2v) is 9.12. The van der Waals surface area contributed by atoms with Crippen molar-refractivity contribution in [3.05, 3.63) is 11.6 Å². The van der Waals surface area contributed by atoms with E-state index in [9.17, 15) is 14.4 Å². The lowest BCUT2D eigenvalue weighted by molar-refractivity contribution is -0.149. The van der Waals surface area contributed by atoms with Crippen molar-refractivity contribution in [3.63, 3.8) is 0 Å². The Balaban J connectivity index is 1.67. The van der Waals surface area contributed by atoms with Crippen molar-refractivity contribution in [3.8, 4) is 0 Å². The van der Waals surface area contributed by atoms with Crippen molar-refractivity contribution < 1.29 is 19.1 Å². The van der Waals surface area contributed by atoms with Gasteiger partial charge >= 0.3 is 5.97 Å². The van der Waals surface area contributed by atoms with Gasteiger partial charge in [0.1, 0.15) is 11.9 Å². The molecule has 0 unspecified atom stereocenters. The molecule has 0 aromatic carbocycles. The predicted molar refractivity (Wildman–Crippen MR) is 92.7 cm³/mol. The van der Waals surface area contributed by atoms with Crippen LogP contribution in [0.5, 0.6) is 0 Å². The Kier molecular flexibility index (Phi) is 3.75. The Hall–Kier alpha value is -1.45. The Labute approximate surface area is 149 Å². The molecular weight excluding hydrogens is 316 g/mol. The second kappa shape index (κ2) is 5.52. The summed E-state index contributed by atoms with van der Waals surface area (Å²) in [4.78, 5) is 36.8. The summed E-state index contributed by atoms with van der Waals surface area (Å²) in [5.41, 5.74) is 0.902. The van der Waals surface area contributed by atoms with E-state index in [2.05, 4.69) is 13.8 Å². The fourth-order valence-electron chi connectivity index (χ4n) is 6.48. The molecule has 4 aliphatic carbocycles. The average Bonchev–Trinajstić information content (AvgIpc) is 2.84. The highest BCUT2D eigenvalue weighted by atomic mass is 16.5. The Morgan fingerprint density at radius 3 is 2.48 bits per heavy atom. The number of fused-ring (bicyclic) bond motifs is 5. The molecule has 0 bridgehead atoms. The molecule has 0 N–H and O–H groups in total. The molecule has 3 saturated carbocycles. The first-order valence-corrected chi connectivity index (χ1v) is 9.71. The van der Waals surface area contributed by atoms with Crippen molar-refractivity contribution in [2.24, 2.45) is 28.6 Å². The first-order chi connectivity index (χ1) is 11.8. The minimum Gasteiger partial charge on any atom is -0.462 e. The van der Waals surface area contributed by atoms with Gasteiger partial charge < -0.3 is 4.74 Å². The molecule has 0 saturated heterocycles. The summed E-state index contributed by atoms with van der Waals surface area (Å²) in [6.45, 7) is 5.84. The van der Waals surface area contributed by atoms with Gasteiger partial charge in [-0.3, -0.25) is 14.4 Å². The number of hydrogen-bond donors (Lipinski definition) is 0. The maximum atomic E-state index is 13.1. The number of rotatable bonds is 1. The summed E-state index contributed by atoms with van der Waals surface area (Å²) in [6, 6.07) is 0. The Bertz CT molecular complexity index is 677. The van der Waals surface area contributed by atoms with Crippen LogP contribution >= 0.6 is 0 Å². The summed E-state index contributed by atoms with van der Waals surface area (Å²) in [5.74, 6) is 0.888. The molecule has 0 spiro atoms. The van der Waals surface area contributed by atoms with Crippen molar-refractivity contribution in [1.29, 1.82) is 0 Å². The molecule has 4 heteroatoms. The van der Waals surface area contributed by atoms with E-state index in [1.165, 1.54) is 12.5 Å². The molecule has 0 aliphatic heterocycles. The van der Waals surface area contributed by atoms with Crippen LogP contribution < -0.4 is 0 Å². The maximum absolute atomic E-state index is 13.1. The van der Waals surface area contributed by atoms with Crippen molar-refractivity contribution >= 4 is 17.5 Å². The third-order valence-corrected chi connectivity index (χ3v) is 7.94. The van der Waals surface area contributed by atoms with Crippen LogP contribution in [0.1, 0.15) is 65.7 Å². The number of carbonyl (C=O) groups is 3. The zero-order chi connectivity index (χ0) is 18.0. The summed E-state index contributed by atoms with van der Waals surface area (Å²) < 4.78 is 5.42. The molecule has 3 fully saturated rings. The summed E-state index contributed by atoms with van der Waals surface area (Å²) in [5, 5.41) is 0. The van der Waals surface area contributed by atoms with Crippen LogP contribution in [-0.2, 0) is 19.1 Å². The summed E-state index contributed by atoms with van der Waals surface area (Å²) in [7, 11) is 0. The molecule has 136 valence electrons. The van der Waals surface area contributed by atoms with Gasteiger partial charge in [0, 0.05) is 31.1 Å². The fourth-order valence-corrected chi connectivity index (χ4v) is 6.48. The van der Waals surface area contributed by atoms with E-state index in [-0.39, 0.29) is 40.5 Å². The van der Waals surface area contributed by atoms with Crippen molar-refractivity contribution in [1.82, 2.24) is 0 Å². The van der Waals surface area contributed by atoms with Crippen LogP contribution in [0.15, 0.2) is 11.6 Å². The van der Waals surface area contributed by atoms with Crippen LogP contribution in [0.2, 0.25) is 0 Å². The van der Waals surface area contributed by atoms with Crippen LogP contribution in [0, 0.1) is 28.6 Å². The van der Waals surface area contributed by atoms with E-state index in [4.69, 9.17) is 4.74 Å². The molecule has 6 atom stereocenters. The van der Waals surface area contributed by atoms with Gasteiger partial charge in [0.05, 0.1) is 0 Å². The largest absolute Gasteiger partial charge is 0.462 e. The lowest BCUT2D eigenvalue weighted by Crippen LogP contribution is -2.53. The Morgan fingerprint density at radius 1 is 1.08 bits per heavy atom.